The zero-order chi connectivity index (χ0) is 38.8. The number of ether oxygens (including phenoxy) is 1. The fraction of sp³-hybridized carbons (Fsp3) is 0.463. The number of likely N-dealkylation sites (tertiary alicyclic amines) is 1. The first-order chi connectivity index (χ1) is 27.2. The number of anilines is 2. The fourth-order valence-corrected chi connectivity index (χ4v) is 9.11. The topological polar surface area (TPSA) is 149 Å². The molecule has 0 unspecified atom stereocenters. The number of rotatable bonds is 9. The second-order valence-electron chi connectivity index (χ2n) is 15.4. The van der Waals surface area contributed by atoms with E-state index >= 15 is 0 Å². The van der Waals surface area contributed by atoms with Gasteiger partial charge in [-0.25, -0.2) is 4.79 Å². The first-order valence-electron chi connectivity index (χ1n) is 19.6. The van der Waals surface area contributed by atoms with Gasteiger partial charge in [-0.15, -0.1) is 22.6 Å². The average Bonchev–Trinajstić information content (AvgIpc) is 3.63. The molecule has 2 aromatic carbocycles. The Labute approximate surface area is 348 Å². The smallest absolute Gasteiger partial charge is 0.328 e. The maximum absolute atomic E-state index is 13.0. The molecule has 16 heteroatoms. The highest BCUT2D eigenvalue weighted by Gasteiger charge is 2.30. The van der Waals surface area contributed by atoms with E-state index in [1.54, 1.807) is 29.2 Å². The average molecular weight is 835 g/mol. The van der Waals surface area contributed by atoms with Crippen molar-refractivity contribution in [3.05, 3.63) is 76.0 Å². The lowest BCUT2D eigenvalue weighted by atomic mass is 9.92. The molecule has 13 nitrogen and oxygen atoms in total. The molecule has 0 radical (unpaired) electrons. The summed E-state index contributed by atoms with van der Waals surface area (Å²) in [5.41, 5.74) is 2.49. The Hall–Kier alpha value is -4.61. The number of aromatic nitrogens is 3. The highest BCUT2D eigenvalue weighted by atomic mass is 35.5. The van der Waals surface area contributed by atoms with Crippen molar-refractivity contribution in [3.63, 3.8) is 0 Å². The summed E-state index contributed by atoms with van der Waals surface area (Å²) in [5, 5.41) is 25.3. The lowest BCUT2D eigenvalue weighted by molar-refractivity contribution is -0.120. The Morgan fingerprint density at radius 1 is 0.912 bits per heavy atom. The number of piperidine rings is 2. The van der Waals surface area contributed by atoms with Crippen LogP contribution in [0.2, 0.25) is 10.0 Å². The molecule has 0 bridgehead atoms. The summed E-state index contributed by atoms with van der Waals surface area (Å²) in [5.74, 6) is 1.60. The fourth-order valence-electron chi connectivity index (χ4n) is 8.69. The summed E-state index contributed by atoms with van der Waals surface area (Å²) in [6, 6.07) is 16.7. The van der Waals surface area contributed by atoms with E-state index in [-0.39, 0.29) is 42.8 Å². The van der Waals surface area contributed by atoms with Crippen LogP contribution in [0.1, 0.15) is 79.9 Å². The molecule has 4 fully saturated rings. The third kappa shape index (κ3) is 9.25. The number of imide groups is 1. The molecular formula is C41H46Cl3N9O4. The molecule has 4 aliphatic rings. The molecule has 3 saturated heterocycles. The van der Waals surface area contributed by atoms with Crippen LogP contribution in [-0.4, -0.2) is 88.9 Å². The zero-order valence-electron chi connectivity index (χ0n) is 31.5. The van der Waals surface area contributed by atoms with Gasteiger partial charge >= 0.3 is 6.03 Å². The molecule has 1 aliphatic carbocycles. The third-order valence-corrected chi connectivity index (χ3v) is 12.3. The third-order valence-electron chi connectivity index (χ3n) is 11.8. The molecule has 1 saturated carbocycles. The maximum Gasteiger partial charge on any atom is 0.328 e. The highest BCUT2D eigenvalue weighted by molar-refractivity contribution is 6.32. The van der Waals surface area contributed by atoms with Crippen molar-refractivity contribution in [1.29, 1.82) is 5.26 Å². The van der Waals surface area contributed by atoms with E-state index in [0.29, 0.717) is 45.6 Å². The summed E-state index contributed by atoms with van der Waals surface area (Å²) in [7, 11) is 0. The Bertz CT molecular complexity index is 2140. The molecule has 2 aromatic heterocycles. The number of hydrogen-bond acceptors (Lipinski definition) is 9. The van der Waals surface area contributed by atoms with Crippen molar-refractivity contribution in [2.75, 3.05) is 49.1 Å². The summed E-state index contributed by atoms with van der Waals surface area (Å²) in [4.78, 5) is 43.8. The minimum absolute atomic E-state index is 0. The van der Waals surface area contributed by atoms with Crippen molar-refractivity contribution in [3.8, 4) is 11.8 Å². The maximum atomic E-state index is 13.0. The Balaban J connectivity index is 0.00000496. The van der Waals surface area contributed by atoms with Crippen LogP contribution in [0.15, 0.2) is 54.7 Å². The number of nitrogens with zero attached hydrogens (tertiary/aromatic N) is 7. The Kier molecular flexibility index (Phi) is 12.7. The summed E-state index contributed by atoms with van der Waals surface area (Å²) in [6.45, 7) is 5.27. The number of urea groups is 1. The molecule has 57 heavy (non-hydrogen) atoms. The van der Waals surface area contributed by atoms with Gasteiger partial charge in [0.1, 0.15) is 11.8 Å². The van der Waals surface area contributed by atoms with Gasteiger partial charge in [0.15, 0.2) is 11.5 Å². The van der Waals surface area contributed by atoms with Gasteiger partial charge in [0.05, 0.1) is 27.9 Å². The van der Waals surface area contributed by atoms with Crippen LogP contribution in [0.3, 0.4) is 0 Å². The number of hydrogen-bond donors (Lipinski definition) is 2. The van der Waals surface area contributed by atoms with Gasteiger partial charge in [-0.2, -0.15) is 5.26 Å². The van der Waals surface area contributed by atoms with E-state index in [2.05, 4.69) is 53.5 Å². The second kappa shape index (κ2) is 17.9. The van der Waals surface area contributed by atoms with E-state index in [0.717, 1.165) is 106 Å². The van der Waals surface area contributed by atoms with Gasteiger partial charge < -0.3 is 24.4 Å². The van der Waals surface area contributed by atoms with Gasteiger partial charge in [-0.3, -0.25) is 19.8 Å². The second-order valence-corrected chi connectivity index (χ2v) is 16.2. The molecule has 4 aromatic rings. The van der Waals surface area contributed by atoms with Crippen molar-refractivity contribution >= 4 is 75.9 Å². The van der Waals surface area contributed by atoms with Gasteiger partial charge in [0.25, 0.3) is 5.91 Å². The summed E-state index contributed by atoms with van der Waals surface area (Å²) < 4.78 is 8.39. The van der Waals surface area contributed by atoms with Crippen molar-refractivity contribution in [1.82, 2.24) is 30.3 Å². The number of carbonyl (C=O) groups excluding carboxylic acids is 3. The van der Waals surface area contributed by atoms with Crippen LogP contribution in [0.4, 0.5) is 16.3 Å². The number of nitrogens with one attached hydrogen (secondary N) is 2. The molecule has 4 amide bonds. The SMILES string of the molecule is Cl.N#Cc1ccc(OC2CCC(NC(=O)c3ccc(N4CCC(CN5CCC(n6ccc7c(N8CCC(=O)NC8=O)cc(Cl)cc76)CC5)CC4)nn3)CC2)cc1Cl. The zero-order valence-corrected chi connectivity index (χ0v) is 33.9. The van der Waals surface area contributed by atoms with Crippen LogP contribution in [0, 0.1) is 17.2 Å². The quantitative estimate of drug-likeness (QED) is 0.179. The van der Waals surface area contributed by atoms with Gasteiger partial charge in [-0.1, -0.05) is 23.2 Å². The predicted molar refractivity (Wildman–Crippen MR) is 222 cm³/mol. The minimum atomic E-state index is -0.408. The first kappa shape index (κ1) is 40.6. The monoisotopic (exact) mass is 833 g/mol. The lowest BCUT2D eigenvalue weighted by Crippen LogP contribution is -2.49. The molecule has 3 aliphatic heterocycles. The van der Waals surface area contributed by atoms with E-state index in [4.69, 9.17) is 33.2 Å². The van der Waals surface area contributed by atoms with E-state index < -0.39 is 6.03 Å². The molecule has 2 N–H and O–H groups in total. The van der Waals surface area contributed by atoms with Gasteiger partial charge in [0, 0.05) is 80.4 Å². The normalized spacial score (nSPS) is 21.1. The van der Waals surface area contributed by atoms with Crippen LogP contribution < -0.4 is 25.2 Å². The number of carbonyl (C=O) groups is 3. The Morgan fingerprint density at radius 2 is 1.68 bits per heavy atom. The number of halogens is 3. The molecule has 5 heterocycles. The largest absolute Gasteiger partial charge is 0.490 e. The number of nitriles is 1. The Morgan fingerprint density at radius 3 is 2.37 bits per heavy atom. The minimum Gasteiger partial charge on any atom is -0.490 e. The number of fused-ring (bicyclic) bond motifs is 1. The van der Waals surface area contributed by atoms with E-state index in [9.17, 15) is 14.4 Å². The molecule has 300 valence electrons. The van der Waals surface area contributed by atoms with Crippen LogP contribution in [-0.2, 0) is 4.79 Å². The predicted octanol–water partition coefficient (Wildman–Crippen LogP) is 7.15. The lowest BCUT2D eigenvalue weighted by Gasteiger charge is -2.38. The summed E-state index contributed by atoms with van der Waals surface area (Å²) in [6.07, 6.45) is 9.82. The van der Waals surface area contributed by atoms with Crippen molar-refractivity contribution in [2.24, 2.45) is 5.92 Å². The van der Waals surface area contributed by atoms with Gasteiger partial charge in [-0.05, 0) is 99.7 Å². The molecule has 8 rings (SSSR count). The summed E-state index contributed by atoms with van der Waals surface area (Å²) >= 11 is 12.7. The first-order valence-corrected chi connectivity index (χ1v) is 20.4. The van der Waals surface area contributed by atoms with E-state index in [1.807, 2.05) is 18.2 Å². The molecular weight excluding hydrogens is 789 g/mol. The standard InChI is InChI=1S/C41H45Cl2N9O4.ClH/c42-28-21-36-33(37(22-28)52-20-14-39(53)46-41(52)55)13-19-51(36)30-11-15-49(16-12-30)25-26-9-17-50(18-10-26)38-8-7-35(47-48-38)40(54)45-29-2-5-31(6-3-29)56-32-4-1-27(24-44)34(43)23-32;/h1,4,7-8,13,19,21-23,26,29-31H,2-3,5-6,9-12,14-18,20,25H2,(H,45,54)(H,46,53,55);1H. The van der Waals surface area contributed by atoms with Gasteiger partial charge in [0.2, 0.25) is 5.91 Å². The van der Waals surface area contributed by atoms with E-state index in [1.165, 1.54) is 0 Å². The van der Waals surface area contributed by atoms with Crippen LogP contribution >= 0.6 is 35.6 Å². The van der Waals surface area contributed by atoms with Crippen molar-refractivity contribution < 1.29 is 19.1 Å². The molecule has 0 spiro atoms. The number of amides is 4. The highest BCUT2D eigenvalue weighted by Crippen LogP contribution is 2.37. The number of benzene rings is 2. The van der Waals surface area contributed by atoms with Crippen LogP contribution in [0.25, 0.3) is 10.9 Å². The molecule has 0 atom stereocenters. The van der Waals surface area contributed by atoms with Crippen LogP contribution in [0.5, 0.6) is 5.75 Å². The van der Waals surface area contributed by atoms with Crippen molar-refractivity contribution in [2.45, 2.75) is 76.0 Å².